The van der Waals surface area contributed by atoms with Gasteiger partial charge in [0.25, 0.3) is 0 Å². The van der Waals surface area contributed by atoms with Crippen LogP contribution in [0.5, 0.6) is 0 Å². The first-order chi connectivity index (χ1) is 8.01. The van der Waals surface area contributed by atoms with Crippen LogP contribution in [0.25, 0.3) is 0 Å². The van der Waals surface area contributed by atoms with Crippen LogP contribution < -0.4 is 0 Å². The number of hydrogen-bond donors (Lipinski definition) is 1. The van der Waals surface area contributed by atoms with Crippen molar-refractivity contribution in [3.8, 4) is 0 Å². The average Bonchev–Trinajstić information content (AvgIpc) is 2.33. The summed E-state index contributed by atoms with van der Waals surface area (Å²) in [6.07, 6.45) is 5.70. The van der Waals surface area contributed by atoms with Gasteiger partial charge in [0.15, 0.2) is 0 Å². The summed E-state index contributed by atoms with van der Waals surface area (Å²) in [5, 5.41) is 10.7. The van der Waals surface area contributed by atoms with E-state index in [1.807, 2.05) is 13.8 Å². The van der Waals surface area contributed by atoms with Gasteiger partial charge in [-0.2, -0.15) is 0 Å². The lowest BCUT2D eigenvalue weighted by Gasteiger charge is -2.37. The first-order valence-electron chi connectivity index (χ1n) is 6.51. The van der Waals surface area contributed by atoms with Gasteiger partial charge >= 0.3 is 0 Å². The highest BCUT2D eigenvalue weighted by atomic mass is 19.1. The highest BCUT2D eigenvalue weighted by Gasteiger charge is 2.35. The lowest BCUT2D eigenvalue weighted by molar-refractivity contribution is -0.0222. The molecule has 0 radical (unpaired) electrons. The van der Waals surface area contributed by atoms with Crippen LogP contribution in [0.3, 0.4) is 0 Å². The molecule has 1 aromatic carbocycles. The standard InChI is InChI=1S/C15H21FO/c1-11-8-9-13(16)10-14(11)15(2,17)12-6-4-3-5-7-12/h8-10,12,17H,3-7H2,1-2H3. The molecule has 2 heteroatoms. The Bertz CT molecular complexity index is 392. The van der Waals surface area contributed by atoms with E-state index in [1.165, 1.54) is 31.4 Å². The number of halogens is 1. The van der Waals surface area contributed by atoms with Crippen LogP contribution in [0, 0.1) is 18.7 Å². The van der Waals surface area contributed by atoms with Crippen LogP contribution in [-0.4, -0.2) is 5.11 Å². The van der Waals surface area contributed by atoms with Crippen molar-refractivity contribution >= 4 is 0 Å². The van der Waals surface area contributed by atoms with Gasteiger partial charge in [-0.05, 0) is 55.9 Å². The largest absolute Gasteiger partial charge is 0.385 e. The molecule has 0 amide bonds. The highest BCUT2D eigenvalue weighted by molar-refractivity contribution is 5.32. The van der Waals surface area contributed by atoms with Crippen LogP contribution in [-0.2, 0) is 5.60 Å². The molecular weight excluding hydrogens is 215 g/mol. The fourth-order valence-corrected chi connectivity index (χ4v) is 3.02. The summed E-state index contributed by atoms with van der Waals surface area (Å²) in [6.45, 7) is 3.77. The van der Waals surface area contributed by atoms with E-state index in [4.69, 9.17) is 0 Å². The summed E-state index contributed by atoms with van der Waals surface area (Å²) in [5.74, 6) is -0.00145. The SMILES string of the molecule is Cc1ccc(F)cc1C(C)(O)C1CCCCC1. The molecule has 0 heterocycles. The van der Waals surface area contributed by atoms with E-state index in [9.17, 15) is 9.50 Å². The molecule has 1 saturated carbocycles. The third-order valence-electron chi connectivity index (χ3n) is 4.15. The Kier molecular flexibility index (Phi) is 3.53. The normalized spacial score (nSPS) is 21.2. The Labute approximate surface area is 103 Å². The van der Waals surface area contributed by atoms with E-state index < -0.39 is 5.60 Å². The smallest absolute Gasteiger partial charge is 0.123 e. The number of aliphatic hydroxyl groups is 1. The van der Waals surface area contributed by atoms with E-state index >= 15 is 0 Å². The minimum absolute atomic E-state index is 0.261. The van der Waals surface area contributed by atoms with Crippen molar-refractivity contribution in [2.75, 3.05) is 0 Å². The van der Waals surface area contributed by atoms with Gasteiger partial charge in [-0.1, -0.05) is 25.3 Å². The predicted molar refractivity (Wildman–Crippen MR) is 67.3 cm³/mol. The van der Waals surface area contributed by atoms with Gasteiger partial charge < -0.3 is 5.11 Å². The maximum atomic E-state index is 13.3. The summed E-state index contributed by atoms with van der Waals surface area (Å²) in [5.41, 5.74) is 0.832. The molecule has 0 aromatic heterocycles. The molecule has 0 bridgehead atoms. The van der Waals surface area contributed by atoms with Crippen molar-refractivity contribution in [1.29, 1.82) is 0 Å². The maximum absolute atomic E-state index is 13.3. The zero-order valence-electron chi connectivity index (χ0n) is 10.7. The van der Waals surface area contributed by atoms with Crippen molar-refractivity contribution in [2.45, 2.75) is 51.6 Å². The molecule has 2 rings (SSSR count). The summed E-state index contributed by atoms with van der Waals surface area (Å²) < 4.78 is 13.3. The van der Waals surface area contributed by atoms with Crippen molar-refractivity contribution in [3.05, 3.63) is 35.1 Å². The van der Waals surface area contributed by atoms with Crippen molar-refractivity contribution < 1.29 is 9.50 Å². The molecule has 1 aliphatic carbocycles. The Morgan fingerprint density at radius 2 is 1.88 bits per heavy atom. The van der Waals surface area contributed by atoms with Gasteiger partial charge in [0.05, 0.1) is 5.60 Å². The number of benzene rings is 1. The zero-order chi connectivity index (χ0) is 12.5. The monoisotopic (exact) mass is 236 g/mol. The summed E-state index contributed by atoms with van der Waals surface area (Å²) in [7, 11) is 0. The first-order valence-corrected chi connectivity index (χ1v) is 6.51. The number of rotatable bonds is 2. The van der Waals surface area contributed by atoms with Crippen molar-refractivity contribution in [2.24, 2.45) is 5.92 Å². The van der Waals surface area contributed by atoms with Crippen LogP contribution in [0.15, 0.2) is 18.2 Å². The third kappa shape index (κ3) is 2.52. The quantitative estimate of drug-likeness (QED) is 0.825. The minimum Gasteiger partial charge on any atom is -0.385 e. The van der Waals surface area contributed by atoms with E-state index in [1.54, 1.807) is 6.07 Å². The molecule has 1 N–H and O–H groups in total. The highest BCUT2D eigenvalue weighted by Crippen LogP contribution is 2.40. The summed E-state index contributed by atoms with van der Waals surface area (Å²) in [6, 6.07) is 4.70. The molecule has 1 fully saturated rings. The molecular formula is C15H21FO. The molecule has 94 valence electrons. The summed E-state index contributed by atoms with van der Waals surface area (Å²) in [4.78, 5) is 0. The van der Waals surface area contributed by atoms with Crippen LogP contribution in [0.2, 0.25) is 0 Å². The molecule has 1 unspecified atom stereocenters. The molecule has 0 aliphatic heterocycles. The number of aryl methyl sites for hydroxylation is 1. The molecule has 1 aromatic rings. The van der Waals surface area contributed by atoms with Gasteiger partial charge in [0.2, 0.25) is 0 Å². The van der Waals surface area contributed by atoms with Gasteiger partial charge in [-0.25, -0.2) is 4.39 Å². The van der Waals surface area contributed by atoms with E-state index in [2.05, 4.69) is 0 Å². The van der Waals surface area contributed by atoms with Crippen LogP contribution in [0.1, 0.15) is 50.2 Å². The zero-order valence-corrected chi connectivity index (χ0v) is 10.7. The van der Waals surface area contributed by atoms with Gasteiger partial charge in [0.1, 0.15) is 5.82 Å². The molecule has 0 spiro atoms. The van der Waals surface area contributed by atoms with Gasteiger partial charge in [-0.3, -0.25) is 0 Å². The van der Waals surface area contributed by atoms with Crippen molar-refractivity contribution in [3.63, 3.8) is 0 Å². The lowest BCUT2D eigenvalue weighted by atomic mass is 9.73. The molecule has 1 aliphatic rings. The van der Waals surface area contributed by atoms with Gasteiger partial charge in [-0.15, -0.1) is 0 Å². The van der Waals surface area contributed by atoms with E-state index in [0.717, 1.165) is 24.0 Å². The lowest BCUT2D eigenvalue weighted by Crippen LogP contribution is -2.34. The van der Waals surface area contributed by atoms with E-state index in [0.29, 0.717) is 0 Å². The second-order valence-electron chi connectivity index (χ2n) is 5.44. The molecule has 17 heavy (non-hydrogen) atoms. The fourth-order valence-electron chi connectivity index (χ4n) is 3.02. The Balaban J connectivity index is 2.32. The van der Waals surface area contributed by atoms with Crippen molar-refractivity contribution in [1.82, 2.24) is 0 Å². The summed E-state index contributed by atoms with van der Waals surface area (Å²) >= 11 is 0. The van der Waals surface area contributed by atoms with Gasteiger partial charge in [0, 0.05) is 0 Å². The predicted octanol–water partition coefficient (Wildman–Crippen LogP) is 3.92. The van der Waals surface area contributed by atoms with Crippen LogP contribution in [0.4, 0.5) is 4.39 Å². The molecule has 0 saturated heterocycles. The fraction of sp³-hybridized carbons (Fsp3) is 0.600. The maximum Gasteiger partial charge on any atom is 0.123 e. The first kappa shape index (κ1) is 12.6. The molecule has 1 nitrogen and oxygen atoms in total. The average molecular weight is 236 g/mol. The number of hydrogen-bond acceptors (Lipinski definition) is 1. The third-order valence-corrected chi connectivity index (χ3v) is 4.15. The Morgan fingerprint density at radius 3 is 2.53 bits per heavy atom. The molecule has 1 atom stereocenters. The minimum atomic E-state index is -0.896. The topological polar surface area (TPSA) is 20.2 Å². The van der Waals surface area contributed by atoms with Crippen LogP contribution >= 0.6 is 0 Å². The second kappa shape index (κ2) is 4.77. The Morgan fingerprint density at radius 1 is 1.24 bits per heavy atom. The Hall–Kier alpha value is -0.890. The van der Waals surface area contributed by atoms with E-state index in [-0.39, 0.29) is 11.7 Å². The second-order valence-corrected chi connectivity index (χ2v) is 5.44.